The van der Waals surface area contributed by atoms with E-state index in [0.29, 0.717) is 32.1 Å². The van der Waals surface area contributed by atoms with Crippen LogP contribution in [0.15, 0.2) is 24.3 Å². The van der Waals surface area contributed by atoms with Crippen molar-refractivity contribution in [3.05, 3.63) is 46.2 Å². The predicted octanol–water partition coefficient (Wildman–Crippen LogP) is -1.56. The number of aliphatic hydroxyl groups excluding tert-OH is 5. The Morgan fingerprint density at radius 1 is 0.979 bits per heavy atom. The predicted molar refractivity (Wildman–Crippen MR) is 177 cm³/mol. The van der Waals surface area contributed by atoms with Gasteiger partial charge in [-0.1, -0.05) is 35.9 Å². The number of nitrogen functional groups attached to an aromatic ring is 2. The van der Waals surface area contributed by atoms with Crippen molar-refractivity contribution in [2.45, 2.75) is 57.0 Å². The topological polar surface area (TPSA) is 252 Å². The van der Waals surface area contributed by atoms with Crippen LogP contribution in [0.2, 0.25) is 5.15 Å². The summed E-state index contributed by atoms with van der Waals surface area (Å²) in [7, 11) is 0. The molecule has 3 rings (SSSR count). The average molecular weight is 681 g/mol. The molecular formula is C31H49ClN8O7. The van der Waals surface area contributed by atoms with Crippen molar-refractivity contribution in [2.24, 2.45) is 11.8 Å². The average Bonchev–Trinajstić information content (AvgIpc) is 3.06. The van der Waals surface area contributed by atoms with Gasteiger partial charge in [-0.3, -0.25) is 9.59 Å². The number of likely N-dealkylation sites (tertiary alicyclic amines) is 1. The number of carbonyl (C=O) groups is 2. The van der Waals surface area contributed by atoms with E-state index in [1.165, 1.54) is 11.1 Å². The Labute approximate surface area is 279 Å². The van der Waals surface area contributed by atoms with Crippen LogP contribution in [0.25, 0.3) is 0 Å². The van der Waals surface area contributed by atoms with Crippen molar-refractivity contribution in [2.75, 3.05) is 63.9 Å². The van der Waals surface area contributed by atoms with Crippen LogP contribution in [-0.4, -0.2) is 129 Å². The van der Waals surface area contributed by atoms with Gasteiger partial charge in [-0.05, 0) is 62.2 Å². The highest BCUT2D eigenvalue weighted by Gasteiger charge is 2.30. The first-order valence-electron chi connectivity index (χ1n) is 15.8. The van der Waals surface area contributed by atoms with Crippen LogP contribution in [0, 0.1) is 18.8 Å². The summed E-state index contributed by atoms with van der Waals surface area (Å²) in [6, 6.07) is 8.12. The number of anilines is 2. The lowest BCUT2D eigenvalue weighted by atomic mass is 9.94. The number of amides is 2. The number of carbonyl (C=O) groups excluding carboxylic acids is 2. The number of nitrogens with one attached hydrogen (secondary N) is 3. The molecule has 0 aliphatic carbocycles. The van der Waals surface area contributed by atoms with Crippen molar-refractivity contribution in [3.63, 3.8) is 0 Å². The fourth-order valence-electron chi connectivity index (χ4n) is 5.44. The number of aryl methyl sites for hydroxylation is 1. The van der Waals surface area contributed by atoms with Gasteiger partial charge in [0.25, 0.3) is 5.91 Å². The molecule has 0 spiro atoms. The van der Waals surface area contributed by atoms with E-state index in [1.54, 1.807) is 0 Å². The molecule has 5 unspecified atom stereocenters. The number of rotatable bonds is 18. The Bertz CT molecular complexity index is 1300. The summed E-state index contributed by atoms with van der Waals surface area (Å²) in [5, 5.41) is 57.1. The molecule has 2 aromatic rings. The Balaban J connectivity index is 1.42. The first-order valence-corrected chi connectivity index (χ1v) is 16.2. The minimum Gasteiger partial charge on any atom is -0.394 e. The molecule has 1 aliphatic rings. The largest absolute Gasteiger partial charge is 0.394 e. The van der Waals surface area contributed by atoms with Gasteiger partial charge in [-0.2, -0.15) is 0 Å². The van der Waals surface area contributed by atoms with E-state index >= 15 is 0 Å². The molecule has 1 aromatic carbocycles. The Kier molecular flexibility index (Phi) is 15.5. The summed E-state index contributed by atoms with van der Waals surface area (Å²) < 4.78 is 0. The molecule has 0 saturated carbocycles. The maximum absolute atomic E-state index is 12.9. The number of nitrogens with two attached hydrogens (primary N) is 2. The highest BCUT2D eigenvalue weighted by Crippen LogP contribution is 2.19. The van der Waals surface area contributed by atoms with Crippen LogP contribution >= 0.6 is 11.6 Å². The van der Waals surface area contributed by atoms with Gasteiger partial charge < -0.3 is 57.9 Å². The summed E-state index contributed by atoms with van der Waals surface area (Å²) in [6.07, 6.45) is -3.64. The maximum atomic E-state index is 12.9. The first kappa shape index (κ1) is 38.3. The monoisotopic (exact) mass is 680 g/mol. The third-order valence-electron chi connectivity index (χ3n) is 8.47. The molecule has 12 N–H and O–H groups in total. The second kappa shape index (κ2) is 19.0. The minimum absolute atomic E-state index is 0.0172. The number of piperidine rings is 1. The van der Waals surface area contributed by atoms with Gasteiger partial charge in [0, 0.05) is 39.1 Å². The summed E-state index contributed by atoms with van der Waals surface area (Å²) in [5.74, 6) is -0.153. The van der Waals surface area contributed by atoms with Crippen LogP contribution in [0.5, 0.6) is 0 Å². The fraction of sp³-hybridized carbons (Fsp3) is 0.613. The smallest absolute Gasteiger partial charge is 0.273 e. The van der Waals surface area contributed by atoms with Crippen molar-refractivity contribution in [1.82, 2.24) is 30.8 Å². The van der Waals surface area contributed by atoms with Crippen LogP contribution < -0.4 is 27.4 Å². The van der Waals surface area contributed by atoms with E-state index in [1.807, 2.05) is 17.0 Å². The molecule has 2 heterocycles. The van der Waals surface area contributed by atoms with E-state index in [4.69, 9.17) is 28.2 Å². The third-order valence-corrected chi connectivity index (χ3v) is 8.74. The second-order valence-electron chi connectivity index (χ2n) is 12.1. The van der Waals surface area contributed by atoms with Gasteiger partial charge in [0.1, 0.15) is 18.3 Å². The standard InChI is InChI=1S/C31H49ClN8O7/c1-18-4-2-3-5-21(18)12-20(15-37-31(47)25-28(32)39-30(34)29(33)38-25)14-36-13-19-7-10-40(11-8-19)24(44)6-9-35-16-22(42)26(45)27(46)23(43)17-41/h2-5,19-20,22-23,26-27,35-36,41-43,45-46H,6-17H2,1H3,(H2,33,38)(H2,34,39)(H,37,47). The highest BCUT2D eigenvalue weighted by molar-refractivity contribution is 6.32. The number of halogens is 1. The molecule has 1 aromatic heterocycles. The molecule has 262 valence electrons. The molecule has 16 heteroatoms. The lowest BCUT2D eigenvalue weighted by Crippen LogP contribution is -2.49. The fourth-order valence-corrected chi connectivity index (χ4v) is 5.66. The molecular weight excluding hydrogens is 632 g/mol. The van der Waals surface area contributed by atoms with Crippen molar-refractivity contribution >= 4 is 35.1 Å². The quantitative estimate of drug-likeness (QED) is 0.0801. The number of aromatic nitrogens is 2. The number of benzene rings is 1. The number of hydrogen-bond acceptors (Lipinski definition) is 13. The molecule has 1 saturated heterocycles. The molecule has 15 nitrogen and oxygen atoms in total. The molecule has 2 amide bonds. The van der Waals surface area contributed by atoms with E-state index in [2.05, 4.69) is 45.0 Å². The molecule has 5 atom stereocenters. The first-order chi connectivity index (χ1) is 22.4. The summed E-state index contributed by atoms with van der Waals surface area (Å²) in [4.78, 5) is 35.3. The zero-order valence-electron chi connectivity index (χ0n) is 26.7. The Hall–Kier alpha value is -3.15. The Morgan fingerprint density at radius 2 is 1.64 bits per heavy atom. The molecule has 0 radical (unpaired) electrons. The van der Waals surface area contributed by atoms with E-state index < -0.39 is 36.9 Å². The van der Waals surface area contributed by atoms with Gasteiger partial charge in [-0.15, -0.1) is 0 Å². The van der Waals surface area contributed by atoms with Crippen LogP contribution in [0.3, 0.4) is 0 Å². The zero-order chi connectivity index (χ0) is 34.5. The third kappa shape index (κ3) is 11.8. The van der Waals surface area contributed by atoms with Gasteiger partial charge in [0.15, 0.2) is 22.5 Å². The number of aliphatic hydroxyl groups is 5. The molecule has 47 heavy (non-hydrogen) atoms. The van der Waals surface area contributed by atoms with Gasteiger partial charge in [0.2, 0.25) is 5.91 Å². The van der Waals surface area contributed by atoms with Crippen LogP contribution in [0.4, 0.5) is 11.6 Å². The zero-order valence-corrected chi connectivity index (χ0v) is 27.4. The van der Waals surface area contributed by atoms with E-state index in [-0.39, 0.29) is 53.8 Å². The van der Waals surface area contributed by atoms with Gasteiger partial charge in [-0.25, -0.2) is 9.97 Å². The van der Waals surface area contributed by atoms with Gasteiger partial charge in [0.05, 0.1) is 12.7 Å². The minimum atomic E-state index is -1.69. The second-order valence-corrected chi connectivity index (χ2v) is 12.4. The molecule has 1 fully saturated rings. The summed E-state index contributed by atoms with van der Waals surface area (Å²) in [6.45, 7) is 4.54. The SMILES string of the molecule is Cc1ccccc1CC(CNCC1CCN(C(=O)CCNCC(O)C(O)C(O)C(O)CO)CC1)CNC(=O)c1nc(N)c(N)nc1Cl. The Morgan fingerprint density at radius 3 is 2.32 bits per heavy atom. The lowest BCUT2D eigenvalue weighted by Gasteiger charge is -2.32. The number of nitrogens with zero attached hydrogens (tertiary/aromatic N) is 3. The number of hydrogen-bond donors (Lipinski definition) is 10. The van der Waals surface area contributed by atoms with Crippen molar-refractivity contribution < 1.29 is 35.1 Å². The summed E-state index contributed by atoms with van der Waals surface area (Å²) in [5.41, 5.74) is 13.6. The molecule has 0 bridgehead atoms. The van der Waals surface area contributed by atoms with E-state index in [0.717, 1.165) is 25.8 Å². The lowest BCUT2D eigenvalue weighted by molar-refractivity contribution is -0.132. The van der Waals surface area contributed by atoms with Gasteiger partial charge >= 0.3 is 0 Å². The van der Waals surface area contributed by atoms with Crippen molar-refractivity contribution in [1.29, 1.82) is 0 Å². The van der Waals surface area contributed by atoms with E-state index in [9.17, 15) is 30.0 Å². The normalized spacial score (nSPS) is 17.1. The maximum Gasteiger partial charge on any atom is 0.273 e. The van der Waals surface area contributed by atoms with Crippen LogP contribution in [-0.2, 0) is 11.2 Å². The summed E-state index contributed by atoms with van der Waals surface area (Å²) >= 11 is 6.09. The van der Waals surface area contributed by atoms with Crippen LogP contribution in [0.1, 0.15) is 40.9 Å². The molecule has 1 aliphatic heterocycles. The van der Waals surface area contributed by atoms with Crippen molar-refractivity contribution in [3.8, 4) is 0 Å². The highest BCUT2D eigenvalue weighted by atomic mass is 35.5.